The maximum absolute atomic E-state index is 6.70. The summed E-state index contributed by atoms with van der Waals surface area (Å²) in [6, 6.07) is 56.2. The van der Waals surface area contributed by atoms with E-state index in [9.17, 15) is 0 Å². The van der Waals surface area contributed by atoms with Crippen LogP contribution >= 0.6 is 0 Å². The summed E-state index contributed by atoms with van der Waals surface area (Å²) in [6.07, 6.45) is 11.3. The third kappa shape index (κ3) is 5.56. The van der Waals surface area contributed by atoms with E-state index in [1.807, 2.05) is 42.5 Å². The quantitative estimate of drug-likeness (QED) is 0.167. The van der Waals surface area contributed by atoms with Gasteiger partial charge in [0, 0.05) is 11.3 Å². The molecule has 236 valence electrons. The van der Waals surface area contributed by atoms with E-state index in [0.717, 1.165) is 40.8 Å². The molecule has 0 aliphatic heterocycles. The average molecular weight is 631 g/mol. The van der Waals surface area contributed by atoms with Gasteiger partial charge in [-0.05, 0) is 80.6 Å². The molecule has 0 heterocycles. The Morgan fingerprint density at radius 1 is 0.633 bits per heavy atom. The van der Waals surface area contributed by atoms with Gasteiger partial charge < -0.3 is 5.73 Å². The van der Waals surface area contributed by atoms with Crippen LogP contribution in [0.1, 0.15) is 46.2 Å². The van der Waals surface area contributed by atoms with E-state index in [2.05, 4.69) is 140 Å². The van der Waals surface area contributed by atoms with Gasteiger partial charge in [0.1, 0.15) is 0 Å². The van der Waals surface area contributed by atoms with Gasteiger partial charge in [-0.15, -0.1) is 0 Å². The molecule has 2 N–H and O–H groups in total. The molecule has 8 rings (SSSR count). The van der Waals surface area contributed by atoms with Crippen LogP contribution in [0.15, 0.2) is 193 Å². The number of nitrogens with zero attached hydrogens (tertiary/aromatic N) is 1. The molecule has 0 saturated heterocycles. The fourth-order valence-corrected chi connectivity index (χ4v) is 7.62. The van der Waals surface area contributed by atoms with E-state index in [-0.39, 0.29) is 0 Å². The lowest BCUT2D eigenvalue weighted by Gasteiger charge is -2.35. The number of allylic oxidation sites excluding steroid dienone is 5. The first-order valence-electron chi connectivity index (χ1n) is 17.1. The maximum Gasteiger partial charge on any atom is 0.0710 e. The summed E-state index contributed by atoms with van der Waals surface area (Å²) in [4.78, 5) is 5.14. The highest BCUT2D eigenvalue weighted by Crippen LogP contribution is 2.59. The minimum Gasteiger partial charge on any atom is -0.398 e. The zero-order chi connectivity index (χ0) is 33.0. The molecule has 0 amide bonds. The number of hydrogen-bond acceptors (Lipinski definition) is 2. The molecule has 6 aromatic carbocycles. The maximum atomic E-state index is 6.70. The number of nitrogens with two attached hydrogens (primary N) is 1. The van der Waals surface area contributed by atoms with Gasteiger partial charge in [0.15, 0.2) is 0 Å². The van der Waals surface area contributed by atoms with Crippen LogP contribution in [0.25, 0.3) is 28.0 Å². The Bertz CT molecular complexity index is 2240. The zero-order valence-electron chi connectivity index (χ0n) is 27.5. The molecule has 6 aromatic rings. The van der Waals surface area contributed by atoms with Crippen LogP contribution in [-0.2, 0) is 12.0 Å². The third-order valence-electron chi connectivity index (χ3n) is 9.85. The van der Waals surface area contributed by atoms with Gasteiger partial charge in [-0.25, -0.2) is 0 Å². The van der Waals surface area contributed by atoms with Gasteiger partial charge in [0.2, 0.25) is 0 Å². The predicted octanol–water partition coefficient (Wildman–Crippen LogP) is 10.9. The van der Waals surface area contributed by atoms with E-state index in [0.29, 0.717) is 12.2 Å². The standard InChI is InChI=1S/C47H38N2/c48-44(35-19-7-2-8-20-35)32-45(49-33-34-17-5-1-6-18-34)37-22-15-21-36(31-37)40-28-16-30-43-46(40)41-27-13-14-29-42(41)47(43,38-23-9-3-10-24-38)39-25-11-4-12-26-39/h1-3,5-11,13-32H,4,12,33,48H2/b44-32-,49-45?. The molecule has 0 aromatic heterocycles. The van der Waals surface area contributed by atoms with Crippen molar-refractivity contribution in [1.82, 2.24) is 0 Å². The summed E-state index contributed by atoms with van der Waals surface area (Å²) in [5, 5.41) is 0. The van der Waals surface area contributed by atoms with Gasteiger partial charge in [0.25, 0.3) is 0 Å². The van der Waals surface area contributed by atoms with Crippen molar-refractivity contribution in [2.24, 2.45) is 10.7 Å². The Morgan fingerprint density at radius 3 is 2.06 bits per heavy atom. The van der Waals surface area contributed by atoms with Crippen molar-refractivity contribution in [2.45, 2.75) is 24.8 Å². The number of aliphatic imine (C=N–C) groups is 1. The second-order valence-corrected chi connectivity index (χ2v) is 12.8. The van der Waals surface area contributed by atoms with Crippen LogP contribution in [0.2, 0.25) is 0 Å². The molecule has 49 heavy (non-hydrogen) atoms. The van der Waals surface area contributed by atoms with Gasteiger partial charge in [-0.3, -0.25) is 4.99 Å². The highest BCUT2D eigenvalue weighted by atomic mass is 14.7. The van der Waals surface area contributed by atoms with Crippen LogP contribution in [0.3, 0.4) is 0 Å². The topological polar surface area (TPSA) is 38.4 Å². The zero-order valence-corrected chi connectivity index (χ0v) is 27.5. The number of fused-ring (bicyclic) bond motifs is 3. The summed E-state index contributed by atoms with van der Waals surface area (Å²) in [5.41, 5.74) is 21.3. The first kappa shape index (κ1) is 30.4. The Kier molecular flexibility index (Phi) is 8.21. The molecule has 0 saturated carbocycles. The van der Waals surface area contributed by atoms with Gasteiger partial charge in [0.05, 0.1) is 17.7 Å². The van der Waals surface area contributed by atoms with E-state index in [1.54, 1.807) is 0 Å². The first-order valence-corrected chi connectivity index (χ1v) is 17.1. The van der Waals surface area contributed by atoms with Crippen molar-refractivity contribution < 1.29 is 0 Å². The molecule has 0 spiro atoms. The summed E-state index contributed by atoms with van der Waals surface area (Å²) in [7, 11) is 0. The molecule has 2 aliphatic carbocycles. The van der Waals surface area contributed by atoms with E-state index in [1.165, 1.54) is 39.0 Å². The number of rotatable bonds is 8. The Labute approximate surface area is 289 Å². The molecule has 0 bridgehead atoms. The number of benzene rings is 6. The molecular formula is C47H38N2. The minimum atomic E-state index is -0.396. The van der Waals surface area contributed by atoms with E-state index < -0.39 is 5.41 Å². The predicted molar refractivity (Wildman–Crippen MR) is 205 cm³/mol. The second kappa shape index (κ2) is 13.3. The van der Waals surface area contributed by atoms with Crippen LogP contribution in [-0.4, -0.2) is 5.71 Å². The summed E-state index contributed by atoms with van der Waals surface area (Å²) < 4.78 is 0. The molecular weight excluding hydrogens is 593 g/mol. The monoisotopic (exact) mass is 630 g/mol. The van der Waals surface area contributed by atoms with Crippen LogP contribution in [0.4, 0.5) is 0 Å². The fraction of sp³-hybridized carbons (Fsp3) is 0.0851. The summed E-state index contributed by atoms with van der Waals surface area (Å²) >= 11 is 0. The summed E-state index contributed by atoms with van der Waals surface area (Å²) in [6.45, 7) is 0.565. The second-order valence-electron chi connectivity index (χ2n) is 12.8. The summed E-state index contributed by atoms with van der Waals surface area (Å²) in [5.74, 6) is 0. The molecule has 0 radical (unpaired) electrons. The number of hydrogen-bond donors (Lipinski definition) is 1. The molecule has 2 aliphatic rings. The van der Waals surface area contributed by atoms with E-state index in [4.69, 9.17) is 10.7 Å². The normalized spacial score (nSPS) is 16.9. The molecule has 0 fully saturated rings. The molecule has 1 unspecified atom stereocenters. The minimum absolute atomic E-state index is 0.396. The average Bonchev–Trinajstić information content (AvgIpc) is 3.49. The van der Waals surface area contributed by atoms with Crippen molar-refractivity contribution >= 4 is 11.4 Å². The Morgan fingerprint density at radius 2 is 1.29 bits per heavy atom. The highest BCUT2D eigenvalue weighted by molar-refractivity contribution is 6.12. The Hall–Kier alpha value is -5.99. The SMILES string of the molecule is N/C(=C\C(=NCc1ccccc1)c1cccc(-c2cccc3c2-c2ccccc2C3(C2=CCCC=C2)c2ccccc2)c1)c1ccccc1. The molecule has 2 nitrogen and oxygen atoms in total. The highest BCUT2D eigenvalue weighted by Gasteiger charge is 2.47. The van der Waals surface area contributed by atoms with Crippen molar-refractivity contribution in [3.63, 3.8) is 0 Å². The van der Waals surface area contributed by atoms with E-state index >= 15 is 0 Å². The first-order chi connectivity index (χ1) is 24.2. The largest absolute Gasteiger partial charge is 0.398 e. The van der Waals surface area contributed by atoms with Crippen LogP contribution in [0, 0.1) is 0 Å². The Balaban J connectivity index is 1.31. The lowest BCUT2D eigenvalue weighted by Crippen LogP contribution is -2.29. The van der Waals surface area contributed by atoms with Crippen molar-refractivity contribution in [2.75, 3.05) is 0 Å². The molecule has 1 atom stereocenters. The lowest BCUT2D eigenvalue weighted by molar-refractivity contribution is 0.751. The van der Waals surface area contributed by atoms with Crippen LogP contribution < -0.4 is 5.73 Å². The van der Waals surface area contributed by atoms with Crippen molar-refractivity contribution in [1.29, 1.82) is 0 Å². The van der Waals surface area contributed by atoms with Crippen molar-refractivity contribution in [3.8, 4) is 22.3 Å². The smallest absolute Gasteiger partial charge is 0.0710 e. The fourth-order valence-electron chi connectivity index (χ4n) is 7.62. The molecule has 2 heteroatoms. The third-order valence-corrected chi connectivity index (χ3v) is 9.85. The lowest BCUT2D eigenvalue weighted by atomic mass is 9.66. The van der Waals surface area contributed by atoms with Gasteiger partial charge >= 0.3 is 0 Å². The van der Waals surface area contributed by atoms with Gasteiger partial charge in [-0.2, -0.15) is 0 Å². The van der Waals surface area contributed by atoms with Gasteiger partial charge in [-0.1, -0.05) is 170 Å². The van der Waals surface area contributed by atoms with Crippen LogP contribution in [0.5, 0.6) is 0 Å². The van der Waals surface area contributed by atoms with Crippen molar-refractivity contribution in [3.05, 3.63) is 221 Å².